The van der Waals surface area contributed by atoms with E-state index in [-0.39, 0.29) is 5.88 Å². The zero-order valence-corrected chi connectivity index (χ0v) is 8.11. The molecule has 1 nitrogen and oxygen atoms in total. The molecule has 0 bridgehead atoms. The van der Waals surface area contributed by atoms with Crippen molar-refractivity contribution in [1.29, 1.82) is 0 Å². The highest BCUT2D eigenvalue weighted by atomic mass is 35.5. The third kappa shape index (κ3) is 2.82. The normalized spacial score (nSPS) is 14.0. The number of rotatable bonds is 2. The van der Waals surface area contributed by atoms with Gasteiger partial charge in [0.2, 0.25) is 0 Å². The van der Waals surface area contributed by atoms with Gasteiger partial charge in [0.05, 0.1) is 17.5 Å². The number of aliphatic hydroxyl groups is 1. The lowest BCUT2D eigenvalue weighted by Crippen LogP contribution is -2.13. The molecule has 1 unspecified atom stereocenters. The molecule has 1 N–H and O–H groups in total. The molecule has 0 radical (unpaired) electrons. The van der Waals surface area contributed by atoms with Gasteiger partial charge in [-0.15, -0.1) is 11.6 Å². The number of hydrogen-bond donors (Lipinski definition) is 1. The molecule has 0 aliphatic carbocycles. The minimum absolute atomic E-state index is 0.338. The minimum atomic E-state index is -4.70. The van der Waals surface area contributed by atoms with Gasteiger partial charge in [0.15, 0.2) is 0 Å². The highest BCUT2D eigenvalue weighted by molar-refractivity contribution is 6.18. The third-order valence-electron chi connectivity index (χ3n) is 1.83. The maximum atomic E-state index is 12.6. The monoisotopic (exact) mass is 242 g/mol. The van der Waals surface area contributed by atoms with Crippen LogP contribution in [0.3, 0.4) is 0 Å². The first-order valence-corrected chi connectivity index (χ1v) is 4.50. The second kappa shape index (κ2) is 4.37. The van der Waals surface area contributed by atoms with E-state index in [1.165, 1.54) is 0 Å². The summed E-state index contributed by atoms with van der Waals surface area (Å²) in [4.78, 5) is 0. The average molecular weight is 243 g/mol. The Morgan fingerprint density at radius 1 is 1.33 bits per heavy atom. The van der Waals surface area contributed by atoms with Gasteiger partial charge in [0, 0.05) is 0 Å². The smallest absolute Gasteiger partial charge is 0.387 e. The van der Waals surface area contributed by atoms with Crippen molar-refractivity contribution in [2.45, 2.75) is 12.3 Å². The molecule has 1 atom stereocenters. The van der Waals surface area contributed by atoms with Crippen molar-refractivity contribution in [2.75, 3.05) is 5.88 Å². The van der Waals surface area contributed by atoms with Crippen LogP contribution in [-0.2, 0) is 6.18 Å². The van der Waals surface area contributed by atoms with Crippen LogP contribution in [-0.4, -0.2) is 11.0 Å². The summed E-state index contributed by atoms with van der Waals surface area (Å²) in [6.07, 6.45) is -6.16. The molecule has 0 saturated heterocycles. The maximum absolute atomic E-state index is 12.6. The molecular formula is C9H7ClF4O. The van der Waals surface area contributed by atoms with Crippen LogP contribution in [0.2, 0.25) is 0 Å². The Morgan fingerprint density at radius 2 is 1.93 bits per heavy atom. The first-order valence-electron chi connectivity index (χ1n) is 3.97. The van der Waals surface area contributed by atoms with Gasteiger partial charge in [-0.05, 0) is 17.7 Å². The van der Waals surface area contributed by atoms with E-state index in [4.69, 9.17) is 11.6 Å². The lowest BCUT2D eigenvalue weighted by Gasteiger charge is -2.15. The fourth-order valence-electron chi connectivity index (χ4n) is 1.15. The Bertz CT molecular complexity index is 350. The summed E-state index contributed by atoms with van der Waals surface area (Å²) in [5.41, 5.74) is -1.62. The van der Waals surface area contributed by atoms with E-state index in [0.717, 1.165) is 12.1 Å². The van der Waals surface area contributed by atoms with E-state index in [0.29, 0.717) is 6.07 Å². The Kier molecular flexibility index (Phi) is 3.57. The summed E-state index contributed by atoms with van der Waals surface area (Å²) < 4.78 is 49.8. The van der Waals surface area contributed by atoms with Gasteiger partial charge in [-0.2, -0.15) is 13.2 Å². The quantitative estimate of drug-likeness (QED) is 0.624. The number of benzene rings is 1. The molecule has 0 aromatic heterocycles. The predicted molar refractivity (Wildman–Crippen MR) is 47.1 cm³/mol. The molecule has 6 heteroatoms. The lowest BCUT2D eigenvalue weighted by molar-refractivity contribution is -0.139. The molecule has 1 rings (SSSR count). The number of hydrogen-bond acceptors (Lipinski definition) is 1. The first-order chi connectivity index (χ1) is 6.86. The van der Waals surface area contributed by atoms with E-state index in [2.05, 4.69) is 0 Å². The molecule has 84 valence electrons. The van der Waals surface area contributed by atoms with E-state index in [1.807, 2.05) is 0 Å². The van der Waals surface area contributed by atoms with Crippen LogP contribution in [0.4, 0.5) is 17.6 Å². The molecule has 1 aromatic carbocycles. The molecule has 0 aliphatic rings. The zero-order chi connectivity index (χ0) is 11.6. The second-order valence-electron chi connectivity index (χ2n) is 2.90. The summed E-state index contributed by atoms with van der Waals surface area (Å²) in [5.74, 6) is -1.39. The van der Waals surface area contributed by atoms with Crippen molar-refractivity contribution >= 4 is 11.6 Å². The summed E-state index contributed by atoms with van der Waals surface area (Å²) in [6, 6.07) is 2.07. The standard InChI is InChI=1S/C9H7ClF4O/c10-4-8(15)6-2-1-5(11)3-7(6)9(12,13)14/h1-3,8,15H,4H2. The predicted octanol–water partition coefficient (Wildman–Crippen LogP) is 3.12. The van der Waals surface area contributed by atoms with Crippen molar-refractivity contribution in [3.8, 4) is 0 Å². The van der Waals surface area contributed by atoms with E-state index < -0.39 is 29.2 Å². The van der Waals surface area contributed by atoms with Crippen LogP contribution in [0.5, 0.6) is 0 Å². The van der Waals surface area contributed by atoms with Gasteiger partial charge < -0.3 is 5.11 Å². The topological polar surface area (TPSA) is 20.2 Å². The molecule has 1 aromatic rings. The van der Waals surface area contributed by atoms with Crippen LogP contribution in [0, 0.1) is 5.82 Å². The van der Waals surface area contributed by atoms with Crippen molar-refractivity contribution < 1.29 is 22.7 Å². The molecule has 0 heterocycles. The molecule has 0 saturated carbocycles. The van der Waals surface area contributed by atoms with Crippen LogP contribution in [0.1, 0.15) is 17.2 Å². The van der Waals surface area contributed by atoms with Crippen molar-refractivity contribution in [3.05, 3.63) is 35.1 Å². The number of aliphatic hydroxyl groups excluding tert-OH is 1. The van der Waals surface area contributed by atoms with Gasteiger partial charge in [0.1, 0.15) is 5.82 Å². The van der Waals surface area contributed by atoms with Crippen LogP contribution in [0.15, 0.2) is 18.2 Å². The first kappa shape index (κ1) is 12.3. The van der Waals surface area contributed by atoms with Crippen LogP contribution in [0.25, 0.3) is 0 Å². The second-order valence-corrected chi connectivity index (χ2v) is 3.21. The van der Waals surface area contributed by atoms with E-state index in [1.54, 1.807) is 0 Å². The molecular weight excluding hydrogens is 236 g/mol. The van der Waals surface area contributed by atoms with Crippen LogP contribution < -0.4 is 0 Å². The van der Waals surface area contributed by atoms with Crippen LogP contribution >= 0.6 is 11.6 Å². The minimum Gasteiger partial charge on any atom is -0.387 e. The van der Waals surface area contributed by atoms with E-state index in [9.17, 15) is 22.7 Å². The van der Waals surface area contributed by atoms with Gasteiger partial charge in [0.25, 0.3) is 0 Å². The highest BCUT2D eigenvalue weighted by Crippen LogP contribution is 2.35. The molecule has 0 amide bonds. The zero-order valence-electron chi connectivity index (χ0n) is 7.35. The van der Waals surface area contributed by atoms with Crippen molar-refractivity contribution in [2.24, 2.45) is 0 Å². The Morgan fingerprint density at radius 3 is 2.40 bits per heavy atom. The SMILES string of the molecule is OC(CCl)c1ccc(F)cc1C(F)(F)F. The summed E-state index contributed by atoms with van der Waals surface area (Å²) >= 11 is 5.24. The van der Waals surface area contributed by atoms with Gasteiger partial charge in [-0.3, -0.25) is 0 Å². The van der Waals surface area contributed by atoms with E-state index >= 15 is 0 Å². The summed E-state index contributed by atoms with van der Waals surface area (Å²) in [6.45, 7) is 0. The maximum Gasteiger partial charge on any atom is 0.416 e. The van der Waals surface area contributed by atoms with Crippen molar-refractivity contribution in [3.63, 3.8) is 0 Å². The molecule has 0 fully saturated rings. The lowest BCUT2D eigenvalue weighted by atomic mass is 10.0. The molecule has 0 aliphatic heterocycles. The van der Waals surface area contributed by atoms with Crippen molar-refractivity contribution in [1.82, 2.24) is 0 Å². The largest absolute Gasteiger partial charge is 0.416 e. The number of halogens is 5. The summed E-state index contributed by atoms with van der Waals surface area (Å²) in [7, 11) is 0. The fraction of sp³-hybridized carbons (Fsp3) is 0.333. The Hall–Kier alpha value is -0.810. The number of alkyl halides is 4. The highest BCUT2D eigenvalue weighted by Gasteiger charge is 2.35. The van der Waals surface area contributed by atoms with Gasteiger partial charge in [-0.25, -0.2) is 4.39 Å². The van der Waals surface area contributed by atoms with Gasteiger partial charge in [-0.1, -0.05) is 6.07 Å². The summed E-state index contributed by atoms with van der Waals surface area (Å²) in [5, 5.41) is 9.21. The Balaban J connectivity index is 3.27. The van der Waals surface area contributed by atoms with Gasteiger partial charge >= 0.3 is 6.18 Å². The Labute approximate surface area is 88.3 Å². The third-order valence-corrected chi connectivity index (χ3v) is 2.12. The molecule has 0 spiro atoms. The average Bonchev–Trinajstić information content (AvgIpc) is 2.15. The molecule has 15 heavy (non-hydrogen) atoms. The fourth-order valence-corrected chi connectivity index (χ4v) is 1.31.